The van der Waals surface area contributed by atoms with E-state index in [0.29, 0.717) is 5.92 Å². The van der Waals surface area contributed by atoms with E-state index in [2.05, 4.69) is 42.7 Å². The third-order valence-corrected chi connectivity index (χ3v) is 3.90. The highest BCUT2D eigenvalue weighted by Gasteiger charge is 2.13. The highest BCUT2D eigenvalue weighted by molar-refractivity contribution is 5.52. The van der Waals surface area contributed by atoms with Crippen LogP contribution >= 0.6 is 0 Å². The van der Waals surface area contributed by atoms with Gasteiger partial charge in [-0.2, -0.15) is 0 Å². The molecule has 2 rings (SSSR count). The Balaban J connectivity index is 1.90. The van der Waals surface area contributed by atoms with Gasteiger partial charge in [-0.1, -0.05) is 13.8 Å². The van der Waals surface area contributed by atoms with E-state index in [9.17, 15) is 0 Å². The van der Waals surface area contributed by atoms with Crippen molar-refractivity contribution in [1.82, 2.24) is 5.32 Å². The molecular weight excluding hydrogens is 236 g/mol. The first-order chi connectivity index (χ1) is 9.20. The summed E-state index contributed by atoms with van der Waals surface area (Å²) in [6, 6.07) is 6.39. The van der Waals surface area contributed by atoms with Gasteiger partial charge in [0.15, 0.2) is 0 Å². The summed E-state index contributed by atoms with van der Waals surface area (Å²) < 4.78 is 5.41. The lowest BCUT2D eigenvalue weighted by molar-refractivity contribution is 0.407. The molecule has 1 aromatic rings. The van der Waals surface area contributed by atoms with Gasteiger partial charge in [-0.05, 0) is 61.5 Å². The first-order valence-electron chi connectivity index (χ1n) is 7.33. The summed E-state index contributed by atoms with van der Waals surface area (Å²) in [5.74, 6) is 2.31. The minimum atomic E-state index is 0.482. The Morgan fingerprint density at radius 3 is 2.89 bits per heavy atom. The lowest BCUT2D eigenvalue weighted by atomic mass is 10.0. The van der Waals surface area contributed by atoms with Crippen LogP contribution in [-0.2, 0) is 0 Å². The molecule has 1 aliphatic rings. The molecule has 1 saturated heterocycles. The molecule has 1 aromatic carbocycles. The Morgan fingerprint density at radius 1 is 1.42 bits per heavy atom. The van der Waals surface area contributed by atoms with Crippen LogP contribution in [0, 0.1) is 5.92 Å². The number of nitrogens with one attached hydrogen (secondary N) is 2. The lowest BCUT2D eigenvalue weighted by Gasteiger charge is -2.15. The van der Waals surface area contributed by atoms with Crippen molar-refractivity contribution in [2.24, 2.45) is 5.92 Å². The van der Waals surface area contributed by atoms with Crippen molar-refractivity contribution >= 4 is 5.69 Å². The molecule has 0 saturated carbocycles. The second-order valence-corrected chi connectivity index (χ2v) is 5.69. The Hall–Kier alpha value is -1.22. The number of hydrogen-bond donors (Lipinski definition) is 2. The monoisotopic (exact) mass is 262 g/mol. The Bertz CT molecular complexity index is 398. The van der Waals surface area contributed by atoms with Crippen molar-refractivity contribution in [3.05, 3.63) is 23.8 Å². The summed E-state index contributed by atoms with van der Waals surface area (Å²) in [6.07, 6.45) is 2.57. The third-order valence-electron chi connectivity index (χ3n) is 3.90. The molecule has 1 aliphatic heterocycles. The van der Waals surface area contributed by atoms with Crippen LogP contribution in [0.1, 0.15) is 38.2 Å². The second kappa shape index (κ2) is 6.80. The van der Waals surface area contributed by atoms with Gasteiger partial charge < -0.3 is 15.4 Å². The molecule has 0 bridgehead atoms. The van der Waals surface area contributed by atoms with Crippen molar-refractivity contribution in [3.8, 4) is 5.75 Å². The van der Waals surface area contributed by atoms with E-state index >= 15 is 0 Å². The topological polar surface area (TPSA) is 33.3 Å². The zero-order valence-electron chi connectivity index (χ0n) is 12.3. The van der Waals surface area contributed by atoms with Gasteiger partial charge in [0.2, 0.25) is 0 Å². The summed E-state index contributed by atoms with van der Waals surface area (Å²) in [5.41, 5.74) is 2.48. The first kappa shape index (κ1) is 14.2. The van der Waals surface area contributed by atoms with E-state index in [-0.39, 0.29) is 0 Å². The van der Waals surface area contributed by atoms with Crippen molar-refractivity contribution in [2.45, 2.75) is 32.6 Å². The van der Waals surface area contributed by atoms with Crippen molar-refractivity contribution in [1.29, 1.82) is 0 Å². The van der Waals surface area contributed by atoms with E-state index < -0.39 is 0 Å². The van der Waals surface area contributed by atoms with Gasteiger partial charge in [0.05, 0.1) is 7.11 Å². The molecule has 3 nitrogen and oxygen atoms in total. The molecule has 0 spiro atoms. The normalized spacial score (nSPS) is 18.8. The van der Waals surface area contributed by atoms with E-state index in [1.807, 2.05) is 0 Å². The standard InChI is InChI=1S/C16H26N2O/c1-12(2)15-10-14(4-5-16(15)19-3)18-9-7-13-6-8-17-11-13/h4-5,10,12-13,17-18H,6-9,11H2,1-3H3. The Labute approximate surface area is 116 Å². The fourth-order valence-electron chi connectivity index (χ4n) is 2.68. The number of hydrogen-bond acceptors (Lipinski definition) is 3. The minimum absolute atomic E-state index is 0.482. The molecule has 0 aliphatic carbocycles. The molecule has 1 unspecified atom stereocenters. The molecule has 1 heterocycles. The predicted octanol–water partition coefficient (Wildman–Crippen LogP) is 3.23. The maximum atomic E-state index is 5.41. The third kappa shape index (κ3) is 3.87. The van der Waals surface area contributed by atoms with Gasteiger partial charge in [-0.3, -0.25) is 0 Å². The molecule has 3 heteroatoms. The zero-order chi connectivity index (χ0) is 13.7. The molecule has 1 fully saturated rings. The molecule has 2 N–H and O–H groups in total. The van der Waals surface area contributed by atoms with Crippen LogP contribution in [0.2, 0.25) is 0 Å². The van der Waals surface area contributed by atoms with E-state index in [1.54, 1.807) is 7.11 Å². The van der Waals surface area contributed by atoms with E-state index in [1.165, 1.54) is 37.2 Å². The smallest absolute Gasteiger partial charge is 0.122 e. The zero-order valence-corrected chi connectivity index (χ0v) is 12.3. The highest BCUT2D eigenvalue weighted by Crippen LogP contribution is 2.29. The van der Waals surface area contributed by atoms with Gasteiger partial charge >= 0.3 is 0 Å². The summed E-state index contributed by atoms with van der Waals surface area (Å²) in [7, 11) is 1.74. The van der Waals surface area contributed by atoms with Crippen LogP contribution in [0.4, 0.5) is 5.69 Å². The molecule has 0 radical (unpaired) electrons. The van der Waals surface area contributed by atoms with Crippen LogP contribution < -0.4 is 15.4 Å². The van der Waals surface area contributed by atoms with Crippen LogP contribution in [-0.4, -0.2) is 26.7 Å². The van der Waals surface area contributed by atoms with Crippen molar-refractivity contribution in [3.63, 3.8) is 0 Å². The molecule has 1 atom stereocenters. The van der Waals surface area contributed by atoms with Gasteiger partial charge in [0.25, 0.3) is 0 Å². The fraction of sp³-hybridized carbons (Fsp3) is 0.625. The summed E-state index contributed by atoms with van der Waals surface area (Å²) in [6.45, 7) is 7.82. The maximum Gasteiger partial charge on any atom is 0.122 e. The molecular formula is C16H26N2O. The average Bonchev–Trinajstić information content (AvgIpc) is 2.91. The van der Waals surface area contributed by atoms with Crippen molar-refractivity contribution in [2.75, 3.05) is 32.1 Å². The fourth-order valence-corrected chi connectivity index (χ4v) is 2.68. The SMILES string of the molecule is COc1ccc(NCCC2CCNC2)cc1C(C)C. The first-order valence-corrected chi connectivity index (χ1v) is 7.33. The molecule has 19 heavy (non-hydrogen) atoms. The number of ether oxygens (including phenoxy) is 1. The van der Waals surface area contributed by atoms with Crippen molar-refractivity contribution < 1.29 is 4.74 Å². The molecule has 0 aromatic heterocycles. The summed E-state index contributed by atoms with van der Waals surface area (Å²) >= 11 is 0. The molecule has 106 valence electrons. The van der Waals surface area contributed by atoms with Gasteiger partial charge in [0.1, 0.15) is 5.75 Å². The minimum Gasteiger partial charge on any atom is -0.496 e. The van der Waals surface area contributed by atoms with Crippen LogP contribution in [0.25, 0.3) is 0 Å². The quantitative estimate of drug-likeness (QED) is 0.826. The number of benzene rings is 1. The van der Waals surface area contributed by atoms with Crippen LogP contribution in [0.5, 0.6) is 5.75 Å². The largest absolute Gasteiger partial charge is 0.496 e. The predicted molar refractivity (Wildman–Crippen MR) is 81.2 cm³/mol. The van der Waals surface area contributed by atoms with E-state index in [0.717, 1.165) is 18.2 Å². The number of methoxy groups -OCH3 is 1. The highest BCUT2D eigenvalue weighted by atomic mass is 16.5. The van der Waals surface area contributed by atoms with Crippen LogP contribution in [0.3, 0.4) is 0 Å². The van der Waals surface area contributed by atoms with Gasteiger partial charge in [0, 0.05) is 12.2 Å². The second-order valence-electron chi connectivity index (χ2n) is 5.69. The summed E-state index contributed by atoms with van der Waals surface area (Å²) in [4.78, 5) is 0. The summed E-state index contributed by atoms with van der Waals surface area (Å²) in [5, 5.41) is 6.95. The number of rotatable bonds is 6. The Kier molecular flexibility index (Phi) is 5.08. The van der Waals surface area contributed by atoms with Gasteiger partial charge in [-0.25, -0.2) is 0 Å². The molecule has 0 amide bonds. The van der Waals surface area contributed by atoms with Gasteiger partial charge in [-0.15, -0.1) is 0 Å². The average molecular weight is 262 g/mol. The number of anilines is 1. The maximum absolute atomic E-state index is 5.41. The Morgan fingerprint density at radius 2 is 2.26 bits per heavy atom. The lowest BCUT2D eigenvalue weighted by Crippen LogP contribution is -2.12. The van der Waals surface area contributed by atoms with Crippen LogP contribution in [0.15, 0.2) is 18.2 Å². The van der Waals surface area contributed by atoms with E-state index in [4.69, 9.17) is 4.74 Å².